The van der Waals surface area contributed by atoms with Gasteiger partial charge in [0.1, 0.15) is 30.4 Å². The number of nitrogens with two attached hydrogens (primary N) is 1. The van der Waals surface area contributed by atoms with Crippen LogP contribution in [0.2, 0.25) is 0 Å². The number of rotatable bonds is 8. The maximum absolute atomic E-state index is 11.5. The fourth-order valence-electron chi connectivity index (χ4n) is 3.38. The van der Waals surface area contributed by atoms with Crippen molar-refractivity contribution in [3.8, 4) is 22.6 Å². The predicted octanol–water partition coefficient (Wildman–Crippen LogP) is 3.86. The molecule has 0 aliphatic rings. The number of carbonyl (C=O) groups excluding carboxylic acids is 1. The topological polar surface area (TPSA) is 125 Å². The van der Waals surface area contributed by atoms with Gasteiger partial charge in [-0.25, -0.2) is 9.78 Å². The first-order valence-corrected chi connectivity index (χ1v) is 10.2. The number of hydrogen-bond donors (Lipinski definition) is 2. The lowest BCUT2D eigenvalue weighted by molar-refractivity contribution is 0.0696. The van der Waals surface area contributed by atoms with E-state index in [0.717, 1.165) is 22.1 Å². The van der Waals surface area contributed by atoms with Crippen LogP contribution in [0.3, 0.4) is 0 Å². The van der Waals surface area contributed by atoms with Crippen LogP contribution in [0.1, 0.15) is 26.4 Å². The molecule has 0 atom stereocenters. The van der Waals surface area contributed by atoms with Crippen molar-refractivity contribution in [2.45, 2.75) is 6.92 Å². The Labute approximate surface area is 189 Å². The zero-order valence-corrected chi connectivity index (χ0v) is 17.8. The van der Waals surface area contributed by atoms with Crippen LogP contribution >= 0.6 is 0 Å². The highest BCUT2D eigenvalue weighted by molar-refractivity contribution is 5.97. The summed E-state index contributed by atoms with van der Waals surface area (Å²) < 4.78 is 11.4. The van der Waals surface area contributed by atoms with Gasteiger partial charge in [-0.1, -0.05) is 12.1 Å². The Morgan fingerprint density at radius 1 is 0.970 bits per heavy atom. The molecular formula is C25H21N3O5. The van der Waals surface area contributed by atoms with Crippen molar-refractivity contribution in [2.75, 3.05) is 13.2 Å². The number of aromatic nitrogens is 2. The molecule has 0 radical (unpaired) electrons. The van der Waals surface area contributed by atoms with E-state index in [0.29, 0.717) is 30.2 Å². The first-order chi connectivity index (χ1) is 15.9. The Morgan fingerprint density at radius 2 is 1.73 bits per heavy atom. The Kier molecular flexibility index (Phi) is 6.17. The number of aryl methyl sites for hydroxylation is 1. The Morgan fingerprint density at radius 3 is 2.42 bits per heavy atom. The average Bonchev–Trinajstić information content (AvgIpc) is 2.82. The lowest BCUT2D eigenvalue weighted by atomic mass is 10.0. The summed E-state index contributed by atoms with van der Waals surface area (Å²) in [7, 11) is 0. The molecule has 0 aliphatic carbocycles. The van der Waals surface area contributed by atoms with E-state index in [1.54, 1.807) is 43.6 Å². The fraction of sp³-hybridized carbons (Fsp3) is 0.120. The molecule has 0 unspecified atom stereocenters. The predicted molar refractivity (Wildman–Crippen MR) is 123 cm³/mol. The highest BCUT2D eigenvalue weighted by Crippen LogP contribution is 2.28. The molecule has 0 fully saturated rings. The second-order valence-electron chi connectivity index (χ2n) is 7.33. The number of hydrogen-bond acceptors (Lipinski definition) is 6. The number of nitrogens with zero attached hydrogens (tertiary/aromatic N) is 2. The van der Waals surface area contributed by atoms with Gasteiger partial charge < -0.3 is 20.3 Å². The summed E-state index contributed by atoms with van der Waals surface area (Å²) in [4.78, 5) is 31.2. The van der Waals surface area contributed by atoms with Gasteiger partial charge in [0.2, 0.25) is 0 Å². The maximum Gasteiger partial charge on any atom is 0.335 e. The molecule has 2 aromatic carbocycles. The molecule has 4 rings (SSSR count). The highest BCUT2D eigenvalue weighted by Gasteiger charge is 2.10. The molecule has 0 bridgehead atoms. The lowest BCUT2D eigenvalue weighted by Gasteiger charge is -2.11. The van der Waals surface area contributed by atoms with Crippen LogP contribution in [-0.4, -0.2) is 40.2 Å². The van der Waals surface area contributed by atoms with Gasteiger partial charge in [0, 0.05) is 23.3 Å². The van der Waals surface area contributed by atoms with E-state index in [4.69, 9.17) is 20.3 Å². The summed E-state index contributed by atoms with van der Waals surface area (Å²) in [5, 5.41) is 9.84. The van der Waals surface area contributed by atoms with Gasteiger partial charge >= 0.3 is 5.97 Å². The van der Waals surface area contributed by atoms with E-state index in [9.17, 15) is 9.59 Å². The molecule has 33 heavy (non-hydrogen) atoms. The van der Waals surface area contributed by atoms with E-state index in [1.807, 2.05) is 24.3 Å². The first kappa shape index (κ1) is 21.8. The number of primary amides is 1. The quantitative estimate of drug-likeness (QED) is 0.396. The maximum atomic E-state index is 11.5. The van der Waals surface area contributed by atoms with Crippen molar-refractivity contribution in [2.24, 2.45) is 5.73 Å². The normalized spacial score (nSPS) is 10.7. The molecule has 8 heteroatoms. The Balaban J connectivity index is 1.41. The monoisotopic (exact) mass is 443 g/mol. The summed E-state index contributed by atoms with van der Waals surface area (Å²) in [5.74, 6) is -0.275. The van der Waals surface area contributed by atoms with E-state index < -0.39 is 11.9 Å². The van der Waals surface area contributed by atoms with Gasteiger partial charge in [0.05, 0.1) is 11.1 Å². The zero-order chi connectivity index (χ0) is 23.4. The van der Waals surface area contributed by atoms with E-state index in [-0.39, 0.29) is 11.3 Å². The van der Waals surface area contributed by atoms with Crippen molar-refractivity contribution in [3.05, 3.63) is 83.8 Å². The third kappa shape index (κ3) is 4.90. The third-order valence-electron chi connectivity index (χ3n) is 5.05. The summed E-state index contributed by atoms with van der Waals surface area (Å²) in [5.41, 5.74) is 8.84. The van der Waals surface area contributed by atoms with Gasteiger partial charge in [-0.15, -0.1) is 0 Å². The molecule has 8 nitrogen and oxygen atoms in total. The number of fused-ring (bicyclic) bond motifs is 1. The summed E-state index contributed by atoms with van der Waals surface area (Å²) in [6, 6.07) is 15.5. The molecule has 4 aromatic rings. The number of benzene rings is 2. The number of amides is 1. The van der Waals surface area contributed by atoms with Gasteiger partial charge in [0.25, 0.3) is 5.91 Å². The highest BCUT2D eigenvalue weighted by atomic mass is 16.5. The molecule has 0 aliphatic heterocycles. The number of carbonyl (C=O) groups is 2. The minimum Gasteiger partial charge on any atom is -0.490 e. The van der Waals surface area contributed by atoms with Crippen LogP contribution in [0.4, 0.5) is 0 Å². The van der Waals surface area contributed by atoms with Crippen LogP contribution in [0.15, 0.2) is 67.0 Å². The van der Waals surface area contributed by atoms with Crippen molar-refractivity contribution in [1.82, 2.24) is 9.97 Å². The average molecular weight is 443 g/mol. The molecule has 2 aromatic heterocycles. The van der Waals surface area contributed by atoms with Crippen molar-refractivity contribution >= 4 is 22.8 Å². The minimum atomic E-state index is -0.972. The van der Waals surface area contributed by atoms with Gasteiger partial charge in [-0.05, 0) is 60.5 Å². The molecule has 1 amide bonds. The molecule has 0 spiro atoms. The number of carboxylic acids is 1. The molecule has 3 N–H and O–H groups in total. The molecule has 166 valence electrons. The van der Waals surface area contributed by atoms with Crippen molar-refractivity contribution in [3.63, 3.8) is 0 Å². The fourth-order valence-corrected chi connectivity index (χ4v) is 3.38. The Bertz CT molecular complexity index is 1340. The van der Waals surface area contributed by atoms with E-state index >= 15 is 0 Å². The number of pyridine rings is 2. The second-order valence-corrected chi connectivity index (χ2v) is 7.33. The largest absolute Gasteiger partial charge is 0.490 e. The second kappa shape index (κ2) is 9.35. The molecule has 0 saturated carbocycles. The van der Waals surface area contributed by atoms with Crippen molar-refractivity contribution < 1.29 is 24.2 Å². The van der Waals surface area contributed by atoms with Crippen LogP contribution < -0.4 is 15.2 Å². The molecule has 0 saturated heterocycles. The smallest absolute Gasteiger partial charge is 0.335 e. The lowest BCUT2D eigenvalue weighted by Crippen LogP contribution is -2.12. The van der Waals surface area contributed by atoms with Crippen LogP contribution in [0, 0.1) is 6.92 Å². The van der Waals surface area contributed by atoms with Gasteiger partial charge in [-0.3, -0.25) is 9.78 Å². The van der Waals surface area contributed by atoms with Crippen LogP contribution in [0.5, 0.6) is 11.5 Å². The van der Waals surface area contributed by atoms with Gasteiger partial charge in [0.15, 0.2) is 0 Å². The summed E-state index contributed by atoms with van der Waals surface area (Å²) in [6.45, 7) is 2.42. The number of ether oxygens (including phenoxy) is 2. The summed E-state index contributed by atoms with van der Waals surface area (Å²) >= 11 is 0. The number of aromatic carboxylic acids is 1. The van der Waals surface area contributed by atoms with E-state index in [1.165, 1.54) is 6.07 Å². The Hall–Kier alpha value is -4.46. The molecule has 2 heterocycles. The van der Waals surface area contributed by atoms with Crippen LogP contribution in [0.25, 0.3) is 22.0 Å². The standard InChI is InChI=1S/C25H21N3O5/c1-15-12-17(25(30)31)5-9-22(15)33-11-10-32-19-6-2-16(3-7-19)20-14-27-13-18-4-8-21(24(26)29)28-23(18)20/h2-9,12-14H,10-11H2,1H3,(H2,26,29)(H,30,31). The van der Waals surface area contributed by atoms with E-state index in [2.05, 4.69) is 9.97 Å². The third-order valence-corrected chi connectivity index (χ3v) is 5.05. The minimum absolute atomic E-state index is 0.197. The van der Waals surface area contributed by atoms with Crippen molar-refractivity contribution in [1.29, 1.82) is 0 Å². The SMILES string of the molecule is Cc1cc(C(=O)O)ccc1OCCOc1ccc(-c2cncc3ccc(C(N)=O)nc23)cc1. The zero-order valence-electron chi connectivity index (χ0n) is 17.8. The first-order valence-electron chi connectivity index (χ1n) is 10.2. The number of carboxylic acid groups (broad SMARTS) is 1. The van der Waals surface area contributed by atoms with Crippen LogP contribution in [-0.2, 0) is 0 Å². The van der Waals surface area contributed by atoms with Gasteiger partial charge in [-0.2, -0.15) is 0 Å². The summed E-state index contributed by atoms with van der Waals surface area (Å²) in [6.07, 6.45) is 3.38. The molecular weight excluding hydrogens is 422 g/mol.